The van der Waals surface area contributed by atoms with Gasteiger partial charge in [-0.25, -0.2) is 0 Å². The van der Waals surface area contributed by atoms with Crippen LogP contribution in [-0.4, -0.2) is 29.5 Å². The van der Waals surface area contributed by atoms with E-state index < -0.39 is 0 Å². The van der Waals surface area contributed by atoms with E-state index in [9.17, 15) is 0 Å². The Morgan fingerprint density at radius 3 is 3.00 bits per heavy atom. The number of anilines is 2. The number of nitrogens with two attached hydrogens (primary N) is 1. The van der Waals surface area contributed by atoms with Gasteiger partial charge in [0.1, 0.15) is 0 Å². The van der Waals surface area contributed by atoms with Crippen LogP contribution in [0.4, 0.5) is 10.8 Å². The van der Waals surface area contributed by atoms with Crippen LogP contribution >= 0.6 is 23.3 Å². The molecule has 0 spiro atoms. The van der Waals surface area contributed by atoms with Crippen molar-refractivity contribution < 1.29 is 4.74 Å². The van der Waals surface area contributed by atoms with Crippen molar-refractivity contribution in [3.05, 3.63) is 0 Å². The summed E-state index contributed by atoms with van der Waals surface area (Å²) in [6, 6.07) is 0. The average Bonchev–Trinajstić information content (AvgIpc) is 2.59. The number of nitrogens with zero attached hydrogens (tertiary/aromatic N) is 1. The molecule has 0 aliphatic rings. The van der Waals surface area contributed by atoms with Gasteiger partial charge in [0, 0.05) is 11.8 Å². The van der Waals surface area contributed by atoms with Crippen LogP contribution in [0.15, 0.2) is 0 Å². The minimum absolute atomic E-state index is 0.461. The van der Waals surface area contributed by atoms with Crippen LogP contribution < -0.4 is 15.8 Å². The van der Waals surface area contributed by atoms with Gasteiger partial charge in [0.2, 0.25) is 0 Å². The quantitative estimate of drug-likeness (QED) is 0.807. The Morgan fingerprint density at radius 1 is 1.67 bits per heavy atom. The molecule has 15 heavy (non-hydrogen) atoms. The molecule has 0 amide bonds. The van der Waals surface area contributed by atoms with Gasteiger partial charge in [-0.05, 0) is 24.2 Å². The van der Waals surface area contributed by atoms with Gasteiger partial charge >= 0.3 is 0 Å². The van der Waals surface area contributed by atoms with Gasteiger partial charge in [-0.1, -0.05) is 6.92 Å². The molecule has 0 fully saturated rings. The third-order valence-corrected chi connectivity index (χ3v) is 3.96. The first-order chi connectivity index (χ1) is 7.19. The number of rotatable bonds is 6. The fraction of sp³-hybridized carbons (Fsp3) is 0.667. The van der Waals surface area contributed by atoms with Crippen molar-refractivity contribution in [2.45, 2.75) is 18.6 Å². The molecule has 0 saturated carbocycles. The molecule has 0 aromatic carbocycles. The van der Waals surface area contributed by atoms with E-state index in [4.69, 9.17) is 10.5 Å². The summed E-state index contributed by atoms with van der Waals surface area (Å²) in [7, 11) is 1.61. The van der Waals surface area contributed by atoms with E-state index in [2.05, 4.69) is 22.9 Å². The van der Waals surface area contributed by atoms with Gasteiger partial charge in [-0.15, -0.1) is 0 Å². The van der Waals surface area contributed by atoms with E-state index in [1.807, 2.05) is 11.8 Å². The third kappa shape index (κ3) is 3.46. The summed E-state index contributed by atoms with van der Waals surface area (Å²) in [5.74, 6) is 1.12. The standard InChI is InChI=1S/C9H17N3OS2/c1-6(14-3)4-5-11-9-7(13-2)8(10)12-15-9/h6,11H,4-5H2,1-3H3,(H2,10,12). The molecule has 3 N–H and O–H groups in total. The van der Waals surface area contributed by atoms with Gasteiger partial charge in [-0.2, -0.15) is 16.1 Å². The molecule has 86 valence electrons. The Bertz CT molecular complexity index is 304. The van der Waals surface area contributed by atoms with E-state index in [0.29, 0.717) is 16.8 Å². The van der Waals surface area contributed by atoms with Crippen molar-refractivity contribution in [1.29, 1.82) is 0 Å². The van der Waals surface area contributed by atoms with Crippen molar-refractivity contribution in [3.8, 4) is 5.75 Å². The van der Waals surface area contributed by atoms with E-state index in [1.54, 1.807) is 7.11 Å². The lowest BCUT2D eigenvalue weighted by molar-refractivity contribution is 0.419. The monoisotopic (exact) mass is 247 g/mol. The van der Waals surface area contributed by atoms with Gasteiger partial charge in [-0.3, -0.25) is 0 Å². The Hall–Kier alpha value is -0.620. The van der Waals surface area contributed by atoms with E-state index >= 15 is 0 Å². The first-order valence-electron chi connectivity index (χ1n) is 4.74. The Morgan fingerprint density at radius 2 is 2.40 bits per heavy atom. The molecule has 0 aliphatic carbocycles. The Labute approximate surface area is 98.7 Å². The largest absolute Gasteiger partial charge is 0.490 e. The fourth-order valence-electron chi connectivity index (χ4n) is 1.11. The zero-order valence-corrected chi connectivity index (χ0v) is 10.9. The molecule has 1 heterocycles. The summed E-state index contributed by atoms with van der Waals surface area (Å²) in [4.78, 5) is 0. The Kier molecular flexibility index (Phi) is 5.04. The molecule has 0 bridgehead atoms. The first kappa shape index (κ1) is 12.4. The average molecular weight is 247 g/mol. The molecule has 1 unspecified atom stereocenters. The van der Waals surface area contributed by atoms with Gasteiger partial charge in [0.05, 0.1) is 7.11 Å². The van der Waals surface area contributed by atoms with Crippen molar-refractivity contribution >= 4 is 34.1 Å². The van der Waals surface area contributed by atoms with Crippen LogP contribution in [0.3, 0.4) is 0 Å². The molecule has 1 rings (SSSR count). The normalized spacial score (nSPS) is 12.5. The predicted octanol–water partition coefficient (Wildman–Crippen LogP) is 2.29. The summed E-state index contributed by atoms with van der Waals surface area (Å²) in [6.07, 6.45) is 3.23. The van der Waals surface area contributed by atoms with Gasteiger partial charge in [0.25, 0.3) is 0 Å². The highest BCUT2D eigenvalue weighted by Crippen LogP contribution is 2.34. The molecule has 6 heteroatoms. The number of nitrogen functional groups attached to an aromatic ring is 1. The number of methoxy groups -OCH3 is 1. The number of aromatic nitrogens is 1. The lowest BCUT2D eigenvalue weighted by atomic mass is 10.3. The maximum Gasteiger partial charge on any atom is 0.197 e. The predicted molar refractivity (Wildman–Crippen MR) is 69.2 cm³/mol. The third-order valence-electron chi connectivity index (χ3n) is 2.12. The number of hydrogen-bond acceptors (Lipinski definition) is 6. The Balaban J connectivity index is 2.43. The second kappa shape index (κ2) is 6.07. The molecule has 1 aromatic rings. The van der Waals surface area contributed by atoms with Crippen LogP contribution in [0, 0.1) is 0 Å². The van der Waals surface area contributed by atoms with Crippen molar-refractivity contribution in [2.24, 2.45) is 0 Å². The maximum atomic E-state index is 5.64. The van der Waals surface area contributed by atoms with Crippen molar-refractivity contribution in [1.82, 2.24) is 4.37 Å². The summed E-state index contributed by atoms with van der Waals surface area (Å²) >= 11 is 3.21. The highest BCUT2D eigenvalue weighted by molar-refractivity contribution is 7.99. The molecule has 4 nitrogen and oxygen atoms in total. The molecular weight excluding hydrogens is 230 g/mol. The van der Waals surface area contributed by atoms with Crippen molar-refractivity contribution in [3.63, 3.8) is 0 Å². The number of thioether (sulfide) groups is 1. The van der Waals surface area contributed by atoms with Crippen LogP contribution in [0.1, 0.15) is 13.3 Å². The van der Waals surface area contributed by atoms with E-state index in [0.717, 1.165) is 18.0 Å². The topological polar surface area (TPSA) is 60.2 Å². The first-order valence-corrected chi connectivity index (χ1v) is 6.81. The molecular formula is C9H17N3OS2. The summed E-state index contributed by atoms with van der Waals surface area (Å²) in [5.41, 5.74) is 5.64. The van der Waals surface area contributed by atoms with Crippen LogP contribution in [0.2, 0.25) is 0 Å². The number of nitrogens with one attached hydrogen (secondary N) is 1. The van der Waals surface area contributed by atoms with Gasteiger partial charge in [0.15, 0.2) is 16.6 Å². The van der Waals surface area contributed by atoms with Crippen LogP contribution in [0.25, 0.3) is 0 Å². The van der Waals surface area contributed by atoms with Crippen LogP contribution in [0.5, 0.6) is 5.75 Å². The fourth-order valence-corrected chi connectivity index (χ4v) is 2.17. The zero-order valence-electron chi connectivity index (χ0n) is 9.24. The number of ether oxygens (including phenoxy) is 1. The minimum atomic E-state index is 0.461. The summed E-state index contributed by atoms with van der Waals surface area (Å²) in [6.45, 7) is 3.13. The van der Waals surface area contributed by atoms with Crippen molar-refractivity contribution in [2.75, 3.05) is 31.0 Å². The minimum Gasteiger partial charge on any atom is -0.490 e. The highest BCUT2D eigenvalue weighted by atomic mass is 32.2. The molecule has 0 saturated heterocycles. The SMILES string of the molecule is COc1c(N)nsc1NCCC(C)SC. The lowest BCUT2D eigenvalue weighted by Crippen LogP contribution is -2.07. The smallest absolute Gasteiger partial charge is 0.197 e. The summed E-state index contributed by atoms with van der Waals surface area (Å²) < 4.78 is 9.19. The second-order valence-electron chi connectivity index (χ2n) is 3.19. The van der Waals surface area contributed by atoms with E-state index in [-0.39, 0.29) is 0 Å². The summed E-state index contributed by atoms with van der Waals surface area (Å²) in [5, 5.41) is 4.87. The maximum absolute atomic E-state index is 5.64. The molecule has 1 atom stereocenters. The van der Waals surface area contributed by atoms with Gasteiger partial charge < -0.3 is 15.8 Å². The molecule has 0 radical (unpaired) electrons. The van der Waals surface area contributed by atoms with Crippen LogP contribution in [-0.2, 0) is 0 Å². The lowest BCUT2D eigenvalue weighted by Gasteiger charge is -2.09. The molecule has 1 aromatic heterocycles. The molecule has 0 aliphatic heterocycles. The second-order valence-corrected chi connectivity index (χ2v) is 5.24. The highest BCUT2D eigenvalue weighted by Gasteiger charge is 2.11. The van der Waals surface area contributed by atoms with E-state index in [1.165, 1.54) is 11.5 Å². The zero-order chi connectivity index (χ0) is 11.3. The number of hydrogen-bond donors (Lipinski definition) is 2.